The number of para-hydroxylation sites is 1. The number of aromatic nitrogens is 2. The number of rotatable bonds is 3. The summed E-state index contributed by atoms with van der Waals surface area (Å²) in [6, 6.07) is 7.01. The molecule has 0 amide bonds. The first-order valence-electron chi connectivity index (χ1n) is 7.76. The molecule has 3 rings (SSSR count). The molecule has 1 unspecified atom stereocenters. The van der Waals surface area contributed by atoms with E-state index in [-0.39, 0.29) is 5.38 Å². The van der Waals surface area contributed by atoms with Crippen molar-refractivity contribution >= 4 is 34.4 Å². The minimum atomic E-state index is -0.0462. The maximum atomic E-state index is 6.42. The van der Waals surface area contributed by atoms with Crippen molar-refractivity contribution in [3.63, 3.8) is 0 Å². The van der Waals surface area contributed by atoms with E-state index in [1.54, 1.807) is 0 Å². The van der Waals surface area contributed by atoms with E-state index in [1.807, 2.05) is 18.7 Å². The summed E-state index contributed by atoms with van der Waals surface area (Å²) in [5.41, 5.74) is 3.61. The number of aryl methyl sites for hydroxylation is 1. The second-order valence-electron chi connectivity index (χ2n) is 6.06. The summed E-state index contributed by atoms with van der Waals surface area (Å²) in [6.45, 7) is 4.16. The van der Waals surface area contributed by atoms with Gasteiger partial charge in [-0.15, -0.1) is 11.6 Å². The fourth-order valence-electron chi connectivity index (χ4n) is 3.48. The number of alkyl halides is 1. The molecule has 0 saturated heterocycles. The lowest BCUT2D eigenvalue weighted by atomic mass is 9.94. The predicted molar refractivity (Wildman–Crippen MR) is 93.5 cm³/mol. The van der Waals surface area contributed by atoms with Gasteiger partial charge in [0.1, 0.15) is 5.82 Å². The molecule has 0 N–H and O–H groups in total. The Bertz CT molecular complexity index is 627. The standard InChI is InChI=1S/C17H23ClN2S/c1-11-5-4-6-15-16(11)19-17(12(2)18)20(15)13-7-9-14(21-3)10-8-13/h4-6,12-14H,7-10H2,1-3H3. The van der Waals surface area contributed by atoms with Crippen LogP contribution < -0.4 is 0 Å². The number of hydrogen-bond donors (Lipinski definition) is 0. The molecule has 21 heavy (non-hydrogen) atoms. The molecule has 1 atom stereocenters. The van der Waals surface area contributed by atoms with Gasteiger partial charge in [-0.2, -0.15) is 11.8 Å². The highest BCUT2D eigenvalue weighted by atomic mass is 35.5. The first kappa shape index (κ1) is 15.2. The zero-order chi connectivity index (χ0) is 15.0. The van der Waals surface area contributed by atoms with E-state index in [0.29, 0.717) is 6.04 Å². The molecule has 0 aliphatic heterocycles. The van der Waals surface area contributed by atoms with Crippen molar-refractivity contribution in [2.24, 2.45) is 0 Å². The van der Waals surface area contributed by atoms with Gasteiger partial charge in [0, 0.05) is 11.3 Å². The summed E-state index contributed by atoms with van der Waals surface area (Å²) in [7, 11) is 0. The first-order valence-corrected chi connectivity index (χ1v) is 9.48. The van der Waals surface area contributed by atoms with E-state index in [9.17, 15) is 0 Å². The van der Waals surface area contributed by atoms with Crippen LogP contribution in [0.2, 0.25) is 0 Å². The summed E-state index contributed by atoms with van der Waals surface area (Å²) in [6.07, 6.45) is 7.30. The third-order valence-corrected chi connectivity index (χ3v) is 5.98. The van der Waals surface area contributed by atoms with Crippen molar-refractivity contribution in [1.82, 2.24) is 9.55 Å². The lowest BCUT2D eigenvalue weighted by molar-refractivity contribution is 0.359. The molecule has 4 heteroatoms. The largest absolute Gasteiger partial charge is 0.324 e. The predicted octanol–water partition coefficient (Wildman–Crippen LogP) is 5.49. The van der Waals surface area contributed by atoms with Crippen LogP contribution in [-0.2, 0) is 0 Å². The SMILES string of the molecule is CSC1CCC(n2c(C(C)Cl)nc3c(C)cccc32)CC1. The van der Waals surface area contributed by atoms with Crippen LogP contribution in [0.4, 0.5) is 0 Å². The molecule has 114 valence electrons. The van der Waals surface area contributed by atoms with Crippen LogP contribution in [0.5, 0.6) is 0 Å². The molecule has 2 nitrogen and oxygen atoms in total. The highest BCUT2D eigenvalue weighted by Crippen LogP contribution is 2.38. The Morgan fingerprint density at radius 3 is 2.62 bits per heavy atom. The van der Waals surface area contributed by atoms with E-state index in [2.05, 4.69) is 35.9 Å². The maximum Gasteiger partial charge on any atom is 0.127 e. The summed E-state index contributed by atoms with van der Waals surface area (Å²) in [5.74, 6) is 1.04. The zero-order valence-electron chi connectivity index (χ0n) is 13.0. The van der Waals surface area contributed by atoms with Crippen molar-refractivity contribution < 1.29 is 0 Å². The van der Waals surface area contributed by atoms with Gasteiger partial charge in [0.15, 0.2) is 0 Å². The lowest BCUT2D eigenvalue weighted by Crippen LogP contribution is -2.21. The van der Waals surface area contributed by atoms with Crippen LogP contribution in [0.3, 0.4) is 0 Å². The molecule has 0 spiro atoms. The number of thioether (sulfide) groups is 1. The van der Waals surface area contributed by atoms with Gasteiger partial charge in [-0.25, -0.2) is 4.98 Å². The number of halogens is 1. The average molecular weight is 323 g/mol. The molecule has 2 aromatic rings. The van der Waals surface area contributed by atoms with Gasteiger partial charge in [-0.3, -0.25) is 0 Å². The summed E-state index contributed by atoms with van der Waals surface area (Å²) in [5, 5.41) is 0.782. The summed E-state index contributed by atoms with van der Waals surface area (Å²) < 4.78 is 2.43. The Hall–Kier alpha value is -0.670. The molecule has 0 bridgehead atoms. The van der Waals surface area contributed by atoms with Crippen LogP contribution in [0.25, 0.3) is 11.0 Å². The van der Waals surface area contributed by atoms with Gasteiger partial charge in [-0.1, -0.05) is 12.1 Å². The van der Waals surface area contributed by atoms with Crippen LogP contribution >= 0.6 is 23.4 Å². The van der Waals surface area contributed by atoms with E-state index in [1.165, 1.54) is 36.8 Å². The molecule has 1 saturated carbocycles. The number of imidazole rings is 1. The quantitative estimate of drug-likeness (QED) is 0.695. The van der Waals surface area contributed by atoms with E-state index < -0.39 is 0 Å². The highest BCUT2D eigenvalue weighted by molar-refractivity contribution is 7.99. The van der Waals surface area contributed by atoms with E-state index in [0.717, 1.165) is 16.6 Å². The molecule has 1 aliphatic rings. The van der Waals surface area contributed by atoms with Gasteiger partial charge < -0.3 is 4.57 Å². The Morgan fingerprint density at radius 2 is 2.00 bits per heavy atom. The molecular formula is C17H23ClN2S. The molecule has 1 fully saturated rings. The van der Waals surface area contributed by atoms with E-state index in [4.69, 9.17) is 16.6 Å². The summed E-state index contributed by atoms with van der Waals surface area (Å²) in [4.78, 5) is 4.85. The second kappa shape index (κ2) is 6.21. The van der Waals surface area contributed by atoms with Crippen LogP contribution in [-0.4, -0.2) is 21.1 Å². The van der Waals surface area contributed by atoms with Crippen molar-refractivity contribution in [3.05, 3.63) is 29.6 Å². The third-order valence-electron chi connectivity index (χ3n) is 4.65. The van der Waals surface area contributed by atoms with Gasteiger partial charge in [0.2, 0.25) is 0 Å². The fourth-order valence-corrected chi connectivity index (χ4v) is 4.38. The number of hydrogen-bond acceptors (Lipinski definition) is 2. The van der Waals surface area contributed by atoms with Gasteiger partial charge in [-0.05, 0) is 57.4 Å². The van der Waals surface area contributed by atoms with Crippen molar-refractivity contribution in [2.45, 2.75) is 56.2 Å². The Labute approximate surface area is 136 Å². The Morgan fingerprint density at radius 1 is 1.29 bits per heavy atom. The minimum absolute atomic E-state index is 0.0462. The van der Waals surface area contributed by atoms with Crippen molar-refractivity contribution in [3.8, 4) is 0 Å². The van der Waals surface area contributed by atoms with Crippen molar-refractivity contribution in [1.29, 1.82) is 0 Å². The van der Waals surface area contributed by atoms with Crippen LogP contribution in [0.1, 0.15) is 55.4 Å². The smallest absolute Gasteiger partial charge is 0.127 e. The first-order chi connectivity index (χ1) is 10.1. The van der Waals surface area contributed by atoms with Crippen LogP contribution in [0, 0.1) is 6.92 Å². The summed E-state index contributed by atoms with van der Waals surface area (Å²) >= 11 is 8.43. The zero-order valence-corrected chi connectivity index (χ0v) is 14.5. The maximum absolute atomic E-state index is 6.42. The number of nitrogens with zero attached hydrogens (tertiary/aromatic N) is 2. The molecule has 1 aliphatic carbocycles. The number of fused-ring (bicyclic) bond motifs is 1. The normalized spacial score (nSPS) is 24.4. The minimum Gasteiger partial charge on any atom is -0.324 e. The molecule has 1 aromatic heterocycles. The molecular weight excluding hydrogens is 300 g/mol. The number of benzene rings is 1. The lowest BCUT2D eigenvalue weighted by Gasteiger charge is -2.30. The molecule has 0 radical (unpaired) electrons. The second-order valence-corrected chi connectivity index (χ2v) is 7.86. The Kier molecular flexibility index (Phi) is 4.51. The molecule has 1 aromatic carbocycles. The average Bonchev–Trinajstić information content (AvgIpc) is 2.88. The fraction of sp³-hybridized carbons (Fsp3) is 0.588. The topological polar surface area (TPSA) is 17.8 Å². The highest BCUT2D eigenvalue weighted by Gasteiger charge is 2.26. The van der Waals surface area contributed by atoms with Gasteiger partial charge >= 0.3 is 0 Å². The van der Waals surface area contributed by atoms with E-state index >= 15 is 0 Å². The van der Waals surface area contributed by atoms with Gasteiger partial charge in [0.05, 0.1) is 16.4 Å². The molecule has 1 heterocycles. The third kappa shape index (κ3) is 2.83. The Balaban J connectivity index is 2.04. The van der Waals surface area contributed by atoms with Crippen molar-refractivity contribution in [2.75, 3.05) is 6.26 Å². The monoisotopic (exact) mass is 322 g/mol. The van der Waals surface area contributed by atoms with Crippen LogP contribution in [0.15, 0.2) is 18.2 Å². The van der Waals surface area contributed by atoms with Gasteiger partial charge in [0.25, 0.3) is 0 Å².